The summed E-state index contributed by atoms with van der Waals surface area (Å²) in [6.07, 6.45) is 3.65. The lowest BCUT2D eigenvalue weighted by Gasteiger charge is -2.11. The maximum atomic E-state index is 12.0. The van der Waals surface area contributed by atoms with Crippen molar-refractivity contribution in [2.75, 3.05) is 19.0 Å². The molecule has 7 nitrogen and oxygen atoms in total. The van der Waals surface area contributed by atoms with Crippen LogP contribution in [0.3, 0.4) is 0 Å². The fourth-order valence-corrected chi connectivity index (χ4v) is 2.70. The standard InChI is InChI=1S/C17H22N4O3S/c1-24-13-6-4-5-12(11-13)15(22)19-8-3-2-7-14(18)16(23)21-17-20-9-10-25-17/h4-6,9-11,14H,2-3,7-8,18H2,1H3,(H,19,22)(H,20,21,23)/t14-/m0/s1. The van der Waals surface area contributed by atoms with Gasteiger partial charge in [0.2, 0.25) is 5.91 Å². The molecule has 8 heteroatoms. The number of rotatable bonds is 9. The molecule has 0 saturated carbocycles. The molecule has 0 spiro atoms. The predicted octanol–water partition coefficient (Wildman–Crippen LogP) is 2.02. The molecule has 0 aliphatic carbocycles. The second-order valence-electron chi connectivity index (χ2n) is 5.42. The van der Waals surface area contributed by atoms with Gasteiger partial charge in [-0.2, -0.15) is 0 Å². The lowest BCUT2D eigenvalue weighted by atomic mass is 10.1. The summed E-state index contributed by atoms with van der Waals surface area (Å²) in [7, 11) is 1.56. The van der Waals surface area contributed by atoms with E-state index in [1.807, 2.05) is 0 Å². The molecule has 2 rings (SSSR count). The summed E-state index contributed by atoms with van der Waals surface area (Å²) in [5.41, 5.74) is 6.42. The molecule has 0 radical (unpaired) electrons. The molecule has 25 heavy (non-hydrogen) atoms. The van der Waals surface area contributed by atoms with Gasteiger partial charge < -0.3 is 21.1 Å². The summed E-state index contributed by atoms with van der Waals surface area (Å²) in [4.78, 5) is 27.9. The molecule has 1 heterocycles. The third-order valence-corrected chi connectivity index (χ3v) is 4.25. The Morgan fingerprint density at radius 1 is 1.36 bits per heavy atom. The number of hydrogen-bond donors (Lipinski definition) is 3. The largest absolute Gasteiger partial charge is 0.497 e. The second-order valence-corrected chi connectivity index (χ2v) is 6.31. The molecule has 2 aromatic rings. The van der Waals surface area contributed by atoms with E-state index in [0.29, 0.717) is 29.4 Å². The molecule has 1 atom stereocenters. The number of amides is 2. The summed E-state index contributed by atoms with van der Waals surface area (Å²) in [5, 5.41) is 7.85. The first-order chi connectivity index (χ1) is 12.1. The van der Waals surface area contributed by atoms with Gasteiger partial charge in [-0.15, -0.1) is 11.3 Å². The van der Waals surface area contributed by atoms with Gasteiger partial charge in [0, 0.05) is 23.7 Å². The fourth-order valence-electron chi connectivity index (χ4n) is 2.17. The van der Waals surface area contributed by atoms with E-state index in [9.17, 15) is 9.59 Å². The normalized spacial score (nSPS) is 11.6. The molecule has 0 fully saturated rings. The zero-order chi connectivity index (χ0) is 18.1. The third kappa shape index (κ3) is 6.17. The van der Waals surface area contributed by atoms with Crippen molar-refractivity contribution in [3.8, 4) is 5.75 Å². The second kappa shape index (κ2) is 9.75. The van der Waals surface area contributed by atoms with E-state index in [-0.39, 0.29) is 11.8 Å². The van der Waals surface area contributed by atoms with Crippen LogP contribution in [0.15, 0.2) is 35.8 Å². The number of aromatic nitrogens is 1. The van der Waals surface area contributed by atoms with Crippen molar-refractivity contribution in [3.05, 3.63) is 41.4 Å². The van der Waals surface area contributed by atoms with E-state index in [1.165, 1.54) is 11.3 Å². The summed E-state index contributed by atoms with van der Waals surface area (Å²) in [5.74, 6) is 0.255. The molecule has 2 amide bonds. The number of nitrogens with two attached hydrogens (primary N) is 1. The summed E-state index contributed by atoms with van der Waals surface area (Å²) < 4.78 is 5.10. The minimum Gasteiger partial charge on any atom is -0.497 e. The highest BCUT2D eigenvalue weighted by Crippen LogP contribution is 2.13. The van der Waals surface area contributed by atoms with Gasteiger partial charge >= 0.3 is 0 Å². The Bertz CT molecular complexity index is 691. The summed E-state index contributed by atoms with van der Waals surface area (Å²) >= 11 is 1.35. The van der Waals surface area contributed by atoms with Crippen molar-refractivity contribution < 1.29 is 14.3 Å². The topological polar surface area (TPSA) is 106 Å². The van der Waals surface area contributed by atoms with Crippen LogP contribution in [0.1, 0.15) is 29.6 Å². The molecule has 0 aliphatic heterocycles. The van der Waals surface area contributed by atoms with Crippen molar-refractivity contribution >= 4 is 28.3 Å². The molecule has 0 aliphatic rings. The van der Waals surface area contributed by atoms with Gasteiger partial charge in [-0.1, -0.05) is 6.07 Å². The summed E-state index contributed by atoms with van der Waals surface area (Å²) in [6.45, 7) is 0.525. The number of methoxy groups -OCH3 is 1. The number of benzene rings is 1. The van der Waals surface area contributed by atoms with E-state index in [2.05, 4.69) is 15.6 Å². The Hall–Kier alpha value is -2.45. The highest BCUT2D eigenvalue weighted by atomic mass is 32.1. The number of nitrogens with zero attached hydrogens (tertiary/aromatic N) is 1. The van der Waals surface area contributed by atoms with Crippen LogP contribution in [0.25, 0.3) is 0 Å². The first-order valence-electron chi connectivity index (χ1n) is 7.98. The predicted molar refractivity (Wildman–Crippen MR) is 97.9 cm³/mol. The molecular weight excluding hydrogens is 340 g/mol. The van der Waals surface area contributed by atoms with Crippen LogP contribution in [0.4, 0.5) is 5.13 Å². The van der Waals surface area contributed by atoms with Crippen molar-refractivity contribution in [3.63, 3.8) is 0 Å². The van der Waals surface area contributed by atoms with Gasteiger partial charge in [0.05, 0.1) is 13.2 Å². The minimum absolute atomic E-state index is 0.148. The highest BCUT2D eigenvalue weighted by molar-refractivity contribution is 7.13. The lowest BCUT2D eigenvalue weighted by Crippen LogP contribution is -2.35. The third-order valence-electron chi connectivity index (χ3n) is 3.56. The zero-order valence-corrected chi connectivity index (χ0v) is 14.8. The van der Waals surface area contributed by atoms with Crippen molar-refractivity contribution in [1.82, 2.24) is 10.3 Å². The van der Waals surface area contributed by atoms with Crippen LogP contribution < -0.4 is 21.1 Å². The van der Waals surface area contributed by atoms with Crippen LogP contribution in [0.2, 0.25) is 0 Å². The maximum absolute atomic E-state index is 12.0. The molecule has 1 aromatic carbocycles. The van der Waals surface area contributed by atoms with E-state index in [1.54, 1.807) is 43.0 Å². The van der Waals surface area contributed by atoms with Crippen molar-refractivity contribution in [1.29, 1.82) is 0 Å². The molecule has 0 bridgehead atoms. The van der Waals surface area contributed by atoms with Crippen LogP contribution in [-0.2, 0) is 4.79 Å². The van der Waals surface area contributed by atoms with E-state index < -0.39 is 6.04 Å². The van der Waals surface area contributed by atoms with Gasteiger partial charge in [-0.3, -0.25) is 9.59 Å². The number of carbonyl (C=O) groups is 2. The van der Waals surface area contributed by atoms with Gasteiger partial charge in [-0.25, -0.2) is 4.98 Å². The fraction of sp³-hybridized carbons (Fsp3) is 0.353. The van der Waals surface area contributed by atoms with Crippen LogP contribution in [0.5, 0.6) is 5.75 Å². The van der Waals surface area contributed by atoms with E-state index >= 15 is 0 Å². The average Bonchev–Trinajstić information content (AvgIpc) is 3.14. The molecule has 0 saturated heterocycles. The van der Waals surface area contributed by atoms with Gasteiger partial charge in [0.1, 0.15) is 5.75 Å². The zero-order valence-electron chi connectivity index (χ0n) is 14.0. The number of anilines is 1. The van der Waals surface area contributed by atoms with Crippen molar-refractivity contribution in [2.24, 2.45) is 5.73 Å². The number of unbranched alkanes of at least 4 members (excludes halogenated alkanes) is 1. The molecular formula is C17H22N4O3S. The lowest BCUT2D eigenvalue weighted by molar-refractivity contribution is -0.117. The van der Waals surface area contributed by atoms with E-state index in [0.717, 1.165) is 12.8 Å². The Kier molecular flexibility index (Phi) is 7.36. The average molecular weight is 362 g/mol. The molecule has 4 N–H and O–H groups in total. The number of thiazole rings is 1. The smallest absolute Gasteiger partial charge is 0.251 e. The Morgan fingerprint density at radius 3 is 2.92 bits per heavy atom. The SMILES string of the molecule is COc1cccc(C(=O)NCCCC[C@H](N)C(=O)Nc2nccs2)c1. The first-order valence-corrected chi connectivity index (χ1v) is 8.86. The number of nitrogens with one attached hydrogen (secondary N) is 2. The number of hydrogen-bond acceptors (Lipinski definition) is 6. The molecule has 0 unspecified atom stereocenters. The number of carbonyl (C=O) groups excluding carboxylic acids is 2. The Balaban J connectivity index is 1.63. The van der Waals surface area contributed by atoms with Crippen LogP contribution in [0, 0.1) is 0 Å². The Morgan fingerprint density at radius 2 is 2.20 bits per heavy atom. The number of ether oxygens (including phenoxy) is 1. The maximum Gasteiger partial charge on any atom is 0.251 e. The van der Waals surface area contributed by atoms with Gasteiger partial charge in [0.15, 0.2) is 5.13 Å². The Labute approximate surface area is 150 Å². The minimum atomic E-state index is -0.585. The van der Waals surface area contributed by atoms with Crippen LogP contribution in [-0.4, -0.2) is 36.5 Å². The van der Waals surface area contributed by atoms with Gasteiger partial charge in [0.25, 0.3) is 5.91 Å². The molecule has 1 aromatic heterocycles. The quantitative estimate of drug-likeness (QED) is 0.592. The van der Waals surface area contributed by atoms with Gasteiger partial charge in [-0.05, 0) is 37.5 Å². The first kappa shape index (κ1) is 18.9. The van der Waals surface area contributed by atoms with Crippen molar-refractivity contribution in [2.45, 2.75) is 25.3 Å². The molecule has 134 valence electrons. The monoisotopic (exact) mass is 362 g/mol. The van der Waals surface area contributed by atoms with E-state index in [4.69, 9.17) is 10.5 Å². The highest BCUT2D eigenvalue weighted by Gasteiger charge is 2.14. The van der Waals surface area contributed by atoms with Crippen LogP contribution >= 0.6 is 11.3 Å². The summed E-state index contributed by atoms with van der Waals surface area (Å²) in [6, 6.07) is 6.39.